The Labute approximate surface area is 140 Å². The maximum Gasteiger partial charge on any atom is 0.341 e. The van der Waals surface area contributed by atoms with E-state index in [2.05, 4.69) is 36.1 Å². The molecule has 0 radical (unpaired) electrons. The molecule has 0 fully saturated rings. The van der Waals surface area contributed by atoms with Crippen LogP contribution in [0.3, 0.4) is 0 Å². The Bertz CT molecular complexity index is 697. The zero-order chi connectivity index (χ0) is 16.4. The molecule has 4 nitrogen and oxygen atoms in total. The minimum Gasteiger partial charge on any atom is -0.462 e. The summed E-state index contributed by atoms with van der Waals surface area (Å²) in [5.74, 6) is -0.285. The number of anilines is 1. The fraction of sp³-hybridized carbons (Fsp3) is 0.389. The number of benzene rings is 1. The third kappa shape index (κ3) is 3.12. The molecule has 1 unspecified atom stereocenters. The van der Waals surface area contributed by atoms with Gasteiger partial charge < -0.3 is 10.5 Å². The van der Waals surface area contributed by atoms with Crippen LogP contribution in [0.15, 0.2) is 30.3 Å². The quantitative estimate of drug-likeness (QED) is 0.870. The van der Waals surface area contributed by atoms with E-state index in [1.54, 1.807) is 0 Å². The van der Waals surface area contributed by atoms with Crippen molar-refractivity contribution in [1.29, 1.82) is 0 Å². The number of thiophene rings is 1. The zero-order valence-corrected chi connectivity index (χ0v) is 14.4. The summed E-state index contributed by atoms with van der Waals surface area (Å²) in [6.07, 6.45) is 0.842. The van der Waals surface area contributed by atoms with Crippen molar-refractivity contribution in [2.24, 2.45) is 0 Å². The summed E-state index contributed by atoms with van der Waals surface area (Å²) in [6, 6.07) is 10.8. The van der Waals surface area contributed by atoms with E-state index in [9.17, 15) is 4.79 Å². The molecule has 0 aliphatic carbocycles. The Hall–Kier alpha value is -1.85. The molecule has 122 valence electrons. The van der Waals surface area contributed by atoms with Gasteiger partial charge in [0.25, 0.3) is 0 Å². The number of rotatable bonds is 4. The summed E-state index contributed by atoms with van der Waals surface area (Å²) in [5.41, 5.74) is 9.08. The number of carbonyl (C=O) groups excluding carboxylic acids is 1. The second-order valence-corrected chi connectivity index (χ2v) is 6.91. The van der Waals surface area contributed by atoms with Crippen LogP contribution in [0.5, 0.6) is 0 Å². The Kier molecular flexibility index (Phi) is 4.68. The summed E-state index contributed by atoms with van der Waals surface area (Å²) >= 11 is 1.52. The first kappa shape index (κ1) is 16.0. The number of nitrogens with zero attached hydrogens (tertiary/aromatic N) is 1. The standard InChI is InChI=1S/C18H22N2O2S/c1-3-22-18(21)16-14-9-10-20(11-15(14)23-17(16)19)12(2)13-7-5-4-6-8-13/h4-8,12H,3,9-11,19H2,1-2H3. The van der Waals surface area contributed by atoms with E-state index in [4.69, 9.17) is 10.5 Å². The first-order chi connectivity index (χ1) is 11.1. The molecule has 5 heteroatoms. The van der Waals surface area contributed by atoms with Crippen LogP contribution in [-0.2, 0) is 17.7 Å². The van der Waals surface area contributed by atoms with Gasteiger partial charge in [0.05, 0.1) is 12.2 Å². The molecule has 1 aliphatic heterocycles. The monoisotopic (exact) mass is 330 g/mol. The fourth-order valence-electron chi connectivity index (χ4n) is 3.14. The van der Waals surface area contributed by atoms with Crippen LogP contribution in [0, 0.1) is 0 Å². The van der Waals surface area contributed by atoms with Gasteiger partial charge in [0.1, 0.15) is 5.00 Å². The van der Waals surface area contributed by atoms with Crippen LogP contribution in [0.25, 0.3) is 0 Å². The van der Waals surface area contributed by atoms with E-state index in [-0.39, 0.29) is 5.97 Å². The second-order valence-electron chi connectivity index (χ2n) is 5.77. The molecule has 0 amide bonds. The smallest absolute Gasteiger partial charge is 0.341 e. The highest BCUT2D eigenvalue weighted by Crippen LogP contribution is 2.37. The lowest BCUT2D eigenvalue weighted by atomic mass is 9.99. The molecule has 2 aromatic rings. The maximum atomic E-state index is 12.1. The van der Waals surface area contributed by atoms with Crippen molar-refractivity contribution in [3.63, 3.8) is 0 Å². The second kappa shape index (κ2) is 6.72. The van der Waals surface area contributed by atoms with Gasteiger partial charge in [0, 0.05) is 24.0 Å². The molecule has 0 saturated heterocycles. The summed E-state index contributed by atoms with van der Waals surface area (Å²) in [5, 5.41) is 0.586. The third-order valence-electron chi connectivity index (χ3n) is 4.42. The number of fused-ring (bicyclic) bond motifs is 1. The van der Waals surface area contributed by atoms with Crippen LogP contribution in [0.1, 0.15) is 46.3 Å². The normalized spacial score (nSPS) is 15.9. The van der Waals surface area contributed by atoms with Crippen molar-refractivity contribution in [2.45, 2.75) is 32.9 Å². The molecule has 23 heavy (non-hydrogen) atoms. The van der Waals surface area contributed by atoms with Crippen LogP contribution < -0.4 is 5.73 Å². The summed E-state index contributed by atoms with van der Waals surface area (Å²) in [6.45, 7) is 6.17. The highest BCUT2D eigenvalue weighted by atomic mass is 32.1. The molecule has 1 aromatic heterocycles. The average molecular weight is 330 g/mol. The van der Waals surface area contributed by atoms with Gasteiger partial charge in [0.2, 0.25) is 0 Å². The van der Waals surface area contributed by atoms with Crippen molar-refractivity contribution >= 4 is 22.3 Å². The Morgan fingerprint density at radius 3 is 2.83 bits per heavy atom. The predicted molar refractivity (Wildman–Crippen MR) is 93.7 cm³/mol. The van der Waals surface area contributed by atoms with Crippen molar-refractivity contribution < 1.29 is 9.53 Å². The molecule has 0 bridgehead atoms. The molecular weight excluding hydrogens is 308 g/mol. The van der Waals surface area contributed by atoms with Gasteiger partial charge in [-0.05, 0) is 31.4 Å². The summed E-state index contributed by atoms with van der Waals surface area (Å²) < 4.78 is 5.15. The number of nitrogens with two attached hydrogens (primary N) is 1. The van der Waals surface area contributed by atoms with Crippen molar-refractivity contribution in [3.8, 4) is 0 Å². The van der Waals surface area contributed by atoms with Crippen LogP contribution in [-0.4, -0.2) is 24.0 Å². The topological polar surface area (TPSA) is 55.6 Å². The van der Waals surface area contributed by atoms with E-state index in [1.807, 2.05) is 13.0 Å². The Balaban J connectivity index is 1.82. The van der Waals surface area contributed by atoms with Gasteiger partial charge in [-0.3, -0.25) is 4.90 Å². The Morgan fingerprint density at radius 1 is 1.39 bits per heavy atom. The number of hydrogen-bond donors (Lipinski definition) is 1. The van der Waals surface area contributed by atoms with E-state index < -0.39 is 0 Å². The highest BCUT2D eigenvalue weighted by molar-refractivity contribution is 7.16. The first-order valence-corrected chi connectivity index (χ1v) is 8.79. The van der Waals surface area contributed by atoms with Gasteiger partial charge in [-0.2, -0.15) is 0 Å². The minimum absolute atomic E-state index is 0.285. The van der Waals surface area contributed by atoms with Gasteiger partial charge in [-0.25, -0.2) is 4.79 Å². The van der Waals surface area contributed by atoms with Gasteiger partial charge in [-0.15, -0.1) is 11.3 Å². The van der Waals surface area contributed by atoms with Crippen LogP contribution >= 0.6 is 11.3 Å². The number of ether oxygens (including phenoxy) is 1. The lowest BCUT2D eigenvalue weighted by Gasteiger charge is -2.32. The zero-order valence-electron chi connectivity index (χ0n) is 13.5. The third-order valence-corrected chi connectivity index (χ3v) is 5.47. The maximum absolute atomic E-state index is 12.1. The van der Waals surface area contributed by atoms with E-state index in [0.717, 1.165) is 25.1 Å². The molecule has 0 saturated carbocycles. The molecule has 3 rings (SSSR count). The summed E-state index contributed by atoms with van der Waals surface area (Å²) in [7, 11) is 0. The van der Waals surface area contributed by atoms with Gasteiger partial charge in [0.15, 0.2) is 0 Å². The fourth-order valence-corrected chi connectivity index (χ4v) is 4.28. The average Bonchev–Trinajstić information content (AvgIpc) is 2.90. The molecule has 2 N–H and O–H groups in total. The lowest BCUT2D eigenvalue weighted by Crippen LogP contribution is -2.32. The predicted octanol–water partition coefficient (Wildman–Crippen LogP) is 3.63. The Morgan fingerprint density at radius 2 is 2.13 bits per heavy atom. The minimum atomic E-state index is -0.285. The number of esters is 1. The van der Waals surface area contributed by atoms with Crippen molar-refractivity contribution in [2.75, 3.05) is 18.9 Å². The van der Waals surface area contributed by atoms with Crippen LogP contribution in [0.2, 0.25) is 0 Å². The van der Waals surface area contributed by atoms with Crippen molar-refractivity contribution in [1.82, 2.24) is 4.90 Å². The number of hydrogen-bond acceptors (Lipinski definition) is 5. The van der Waals surface area contributed by atoms with E-state index in [1.165, 1.54) is 21.8 Å². The molecule has 1 aromatic carbocycles. The largest absolute Gasteiger partial charge is 0.462 e. The van der Waals surface area contributed by atoms with Gasteiger partial charge in [-0.1, -0.05) is 30.3 Å². The van der Waals surface area contributed by atoms with Crippen molar-refractivity contribution in [3.05, 3.63) is 51.9 Å². The highest BCUT2D eigenvalue weighted by Gasteiger charge is 2.29. The molecule has 0 spiro atoms. The van der Waals surface area contributed by atoms with E-state index in [0.29, 0.717) is 23.2 Å². The van der Waals surface area contributed by atoms with Crippen LogP contribution in [0.4, 0.5) is 5.00 Å². The van der Waals surface area contributed by atoms with E-state index >= 15 is 0 Å². The SMILES string of the molecule is CCOC(=O)c1c(N)sc2c1CCN(C(C)c1ccccc1)C2. The lowest BCUT2D eigenvalue weighted by molar-refractivity contribution is 0.0526. The molecule has 1 atom stereocenters. The molecular formula is C18H22N2O2S. The number of nitrogen functional groups attached to an aromatic ring is 1. The number of carbonyl (C=O) groups is 1. The molecule has 1 aliphatic rings. The van der Waals surface area contributed by atoms with Gasteiger partial charge >= 0.3 is 5.97 Å². The molecule has 2 heterocycles. The summed E-state index contributed by atoms with van der Waals surface area (Å²) in [4.78, 5) is 15.8. The first-order valence-electron chi connectivity index (χ1n) is 7.98.